The first-order valence-corrected chi connectivity index (χ1v) is 12.9. The number of hydrogen-bond acceptors (Lipinski definition) is 7. The van der Waals surface area contributed by atoms with Gasteiger partial charge in [-0.25, -0.2) is 9.59 Å². The highest BCUT2D eigenvalue weighted by Gasteiger charge is 2.41. The molecule has 0 amide bonds. The Morgan fingerprint density at radius 2 is 1.84 bits per heavy atom. The number of methoxy groups -OCH3 is 1. The monoisotopic (exact) mass is 522 g/mol. The Labute approximate surface area is 215 Å². The van der Waals surface area contributed by atoms with E-state index >= 15 is 0 Å². The normalized spacial score (nSPS) is 17.6. The number of cyclic esters (lactones) is 1. The van der Waals surface area contributed by atoms with Crippen molar-refractivity contribution < 1.29 is 36.8 Å². The number of hydrogen-bond donors (Lipinski definition) is 1. The third-order valence-corrected chi connectivity index (χ3v) is 7.56. The van der Waals surface area contributed by atoms with E-state index in [1.165, 1.54) is 31.6 Å². The first kappa shape index (κ1) is 26.0. The van der Waals surface area contributed by atoms with Crippen LogP contribution in [0.4, 0.5) is 0 Å². The average molecular weight is 523 g/mol. The molecule has 8 nitrogen and oxygen atoms in total. The van der Waals surface area contributed by atoms with E-state index in [-0.39, 0.29) is 28.2 Å². The van der Waals surface area contributed by atoms with Crippen molar-refractivity contribution in [3.8, 4) is 0 Å². The lowest BCUT2D eigenvalue weighted by Gasteiger charge is -2.27. The van der Waals surface area contributed by atoms with Crippen molar-refractivity contribution in [2.45, 2.75) is 32.1 Å². The van der Waals surface area contributed by atoms with Crippen LogP contribution in [0.2, 0.25) is 0 Å². The van der Waals surface area contributed by atoms with Crippen LogP contribution in [0.3, 0.4) is 0 Å². The fourth-order valence-corrected chi connectivity index (χ4v) is 5.36. The number of aromatic carboxylic acids is 1. The SMILES string of the molecule is COC1=C(C/C=C/c2c(C)cccc2C(=O)O)C(OS(=O)(=O)c2ccc(C)cc2)=C2C(=O)OC=C2C1C. The fourth-order valence-electron chi connectivity index (χ4n) is 4.39. The van der Waals surface area contributed by atoms with Crippen LogP contribution in [0.5, 0.6) is 0 Å². The van der Waals surface area contributed by atoms with Crippen LogP contribution in [-0.2, 0) is 28.6 Å². The summed E-state index contributed by atoms with van der Waals surface area (Å²) in [6, 6.07) is 11.1. The first-order chi connectivity index (χ1) is 17.5. The van der Waals surface area contributed by atoms with Gasteiger partial charge in [0.15, 0.2) is 5.76 Å². The second kappa shape index (κ2) is 10.1. The lowest BCUT2D eigenvalue weighted by molar-refractivity contribution is -0.132. The van der Waals surface area contributed by atoms with E-state index in [2.05, 4.69) is 0 Å². The predicted molar refractivity (Wildman–Crippen MR) is 136 cm³/mol. The Morgan fingerprint density at radius 1 is 1.14 bits per heavy atom. The molecule has 1 aliphatic carbocycles. The molecule has 1 N–H and O–H groups in total. The highest BCUT2D eigenvalue weighted by molar-refractivity contribution is 7.86. The molecule has 1 aliphatic heterocycles. The molecular weight excluding hydrogens is 496 g/mol. The summed E-state index contributed by atoms with van der Waals surface area (Å²) < 4.78 is 42.8. The first-order valence-electron chi connectivity index (χ1n) is 11.5. The summed E-state index contributed by atoms with van der Waals surface area (Å²) in [5.74, 6) is -1.95. The van der Waals surface area contributed by atoms with Crippen molar-refractivity contribution in [3.05, 3.63) is 105 Å². The predicted octanol–water partition coefficient (Wildman–Crippen LogP) is 5.06. The Hall–Kier alpha value is -4.11. The molecule has 0 aromatic heterocycles. The molecule has 1 heterocycles. The highest BCUT2D eigenvalue weighted by atomic mass is 32.2. The molecule has 2 aliphatic rings. The molecule has 0 saturated carbocycles. The molecule has 37 heavy (non-hydrogen) atoms. The number of esters is 1. The summed E-state index contributed by atoms with van der Waals surface area (Å²) in [6.07, 6.45) is 4.72. The van der Waals surface area contributed by atoms with Gasteiger partial charge >= 0.3 is 22.1 Å². The number of fused-ring (bicyclic) bond motifs is 1. The van der Waals surface area contributed by atoms with Gasteiger partial charge in [-0.05, 0) is 49.6 Å². The van der Waals surface area contributed by atoms with Crippen molar-refractivity contribution in [2.24, 2.45) is 5.92 Å². The van der Waals surface area contributed by atoms with E-state index in [9.17, 15) is 23.1 Å². The van der Waals surface area contributed by atoms with Crippen molar-refractivity contribution in [1.82, 2.24) is 0 Å². The zero-order valence-electron chi connectivity index (χ0n) is 20.8. The zero-order chi connectivity index (χ0) is 26.9. The summed E-state index contributed by atoms with van der Waals surface area (Å²) in [4.78, 5) is 24.3. The molecule has 0 bridgehead atoms. The summed E-state index contributed by atoms with van der Waals surface area (Å²) in [6.45, 7) is 5.44. The molecule has 192 valence electrons. The maximum absolute atomic E-state index is 13.2. The number of carboxylic acids is 1. The second-order valence-electron chi connectivity index (χ2n) is 8.75. The summed E-state index contributed by atoms with van der Waals surface area (Å²) in [5.41, 5.74) is 3.11. The third kappa shape index (κ3) is 4.95. The Morgan fingerprint density at radius 3 is 2.49 bits per heavy atom. The number of aryl methyl sites for hydroxylation is 2. The zero-order valence-corrected chi connectivity index (χ0v) is 21.6. The number of rotatable bonds is 8. The van der Waals surface area contributed by atoms with Gasteiger partial charge in [-0.3, -0.25) is 0 Å². The Bertz CT molecular complexity index is 1510. The van der Waals surface area contributed by atoms with Gasteiger partial charge in [0.1, 0.15) is 16.2 Å². The summed E-state index contributed by atoms with van der Waals surface area (Å²) in [5, 5.41) is 9.56. The molecular formula is C28H26O8S. The number of carboxylic acid groups (broad SMARTS) is 1. The van der Waals surface area contributed by atoms with Crippen LogP contribution in [0.1, 0.15) is 40.4 Å². The highest BCUT2D eigenvalue weighted by Crippen LogP contribution is 2.44. The van der Waals surface area contributed by atoms with Gasteiger partial charge in [0.2, 0.25) is 0 Å². The van der Waals surface area contributed by atoms with Gasteiger partial charge in [-0.1, -0.05) is 48.9 Å². The summed E-state index contributed by atoms with van der Waals surface area (Å²) >= 11 is 0. The molecule has 0 fully saturated rings. The molecule has 0 saturated heterocycles. The lowest BCUT2D eigenvalue weighted by Crippen LogP contribution is -2.22. The van der Waals surface area contributed by atoms with Gasteiger partial charge in [0.25, 0.3) is 0 Å². The average Bonchev–Trinajstić information content (AvgIpc) is 3.24. The second-order valence-corrected chi connectivity index (χ2v) is 10.3. The number of carbonyl (C=O) groups is 2. The van der Waals surface area contributed by atoms with Crippen LogP contribution in [0.25, 0.3) is 6.08 Å². The Balaban J connectivity index is 1.80. The number of carbonyl (C=O) groups excluding carboxylic acids is 1. The minimum absolute atomic E-state index is 0.0227. The van der Waals surface area contributed by atoms with Gasteiger partial charge in [-0.2, -0.15) is 8.42 Å². The molecule has 4 rings (SSSR count). The van der Waals surface area contributed by atoms with E-state index in [1.54, 1.807) is 43.3 Å². The van der Waals surface area contributed by atoms with Crippen molar-refractivity contribution >= 4 is 28.1 Å². The maximum atomic E-state index is 13.2. The van der Waals surface area contributed by atoms with E-state index in [4.69, 9.17) is 13.7 Å². The van der Waals surface area contributed by atoms with Gasteiger partial charge in [-0.15, -0.1) is 0 Å². The van der Waals surface area contributed by atoms with Crippen LogP contribution >= 0.6 is 0 Å². The van der Waals surface area contributed by atoms with Gasteiger partial charge < -0.3 is 18.8 Å². The third-order valence-electron chi connectivity index (χ3n) is 6.33. The van der Waals surface area contributed by atoms with Gasteiger partial charge in [0.05, 0.1) is 18.9 Å². The van der Waals surface area contributed by atoms with Crippen LogP contribution in [-0.4, -0.2) is 32.6 Å². The van der Waals surface area contributed by atoms with Gasteiger partial charge in [0, 0.05) is 17.1 Å². The van der Waals surface area contributed by atoms with E-state index in [1.807, 2.05) is 13.8 Å². The van der Waals surface area contributed by atoms with Crippen LogP contribution in [0.15, 0.2) is 87.9 Å². The number of allylic oxidation sites excluding steroid dienone is 3. The molecule has 2 aromatic rings. The maximum Gasteiger partial charge on any atom is 0.347 e. The molecule has 2 aromatic carbocycles. The quantitative estimate of drug-likeness (QED) is 0.378. The lowest BCUT2D eigenvalue weighted by atomic mass is 9.83. The number of ether oxygens (including phenoxy) is 2. The van der Waals surface area contributed by atoms with Crippen molar-refractivity contribution in [3.63, 3.8) is 0 Å². The van der Waals surface area contributed by atoms with E-state index < -0.39 is 28.0 Å². The van der Waals surface area contributed by atoms with Crippen LogP contribution in [0, 0.1) is 19.8 Å². The largest absolute Gasteiger partial charge is 0.500 e. The topological polar surface area (TPSA) is 116 Å². The van der Waals surface area contributed by atoms with Crippen LogP contribution < -0.4 is 0 Å². The molecule has 0 spiro atoms. The fraction of sp³-hybridized carbons (Fsp3) is 0.214. The van der Waals surface area contributed by atoms with Crippen molar-refractivity contribution in [1.29, 1.82) is 0 Å². The minimum atomic E-state index is -4.31. The van der Waals surface area contributed by atoms with E-state index in [0.717, 1.165) is 11.1 Å². The standard InChI is InChI=1S/C28H26O8S/c1-16-11-13-19(14-12-16)37(32,33)36-26-22(25(34-4)18(3)23-15-35-28(31)24(23)26)10-6-8-20-17(2)7-5-9-21(20)27(29)30/h5-9,11-15,18H,10H2,1-4H3,(H,29,30)/b8-6+. The molecule has 0 radical (unpaired) electrons. The molecule has 9 heteroatoms. The Kier molecular flexibility index (Phi) is 7.09. The number of benzene rings is 2. The smallest absolute Gasteiger partial charge is 0.347 e. The summed E-state index contributed by atoms with van der Waals surface area (Å²) in [7, 11) is -2.85. The minimum Gasteiger partial charge on any atom is -0.500 e. The molecule has 1 unspecified atom stereocenters. The van der Waals surface area contributed by atoms with Crippen molar-refractivity contribution in [2.75, 3.05) is 7.11 Å². The molecule has 1 atom stereocenters. The van der Waals surface area contributed by atoms with E-state index in [0.29, 0.717) is 22.5 Å².